The monoisotopic (exact) mass is 365 g/mol. The molecule has 0 N–H and O–H groups in total. The zero-order valence-electron chi connectivity index (χ0n) is 17.2. The van der Waals surface area contributed by atoms with E-state index in [4.69, 9.17) is 0 Å². The molecular formula is C20H39N5O. The SMILES string of the molecule is CC(C)C1CCN(C(=O)N2CCN(CCN3CCN(C)CC3)CC2)CC1. The van der Waals surface area contributed by atoms with E-state index < -0.39 is 0 Å². The minimum absolute atomic E-state index is 0.283. The summed E-state index contributed by atoms with van der Waals surface area (Å²) >= 11 is 0. The van der Waals surface area contributed by atoms with Crippen LogP contribution < -0.4 is 0 Å². The fourth-order valence-electron chi connectivity index (χ4n) is 4.47. The average Bonchev–Trinajstić information content (AvgIpc) is 2.67. The minimum Gasteiger partial charge on any atom is -0.325 e. The van der Waals surface area contributed by atoms with Gasteiger partial charge in [-0.1, -0.05) is 13.8 Å². The smallest absolute Gasteiger partial charge is 0.320 e. The summed E-state index contributed by atoms with van der Waals surface area (Å²) in [6, 6.07) is 0.283. The molecule has 6 heteroatoms. The van der Waals surface area contributed by atoms with Gasteiger partial charge in [-0.2, -0.15) is 0 Å². The van der Waals surface area contributed by atoms with Crippen molar-refractivity contribution in [3.8, 4) is 0 Å². The first-order chi connectivity index (χ1) is 12.5. The Morgan fingerprint density at radius 1 is 0.769 bits per heavy atom. The highest BCUT2D eigenvalue weighted by molar-refractivity contribution is 5.74. The molecule has 3 fully saturated rings. The van der Waals surface area contributed by atoms with E-state index in [0.717, 1.165) is 57.6 Å². The van der Waals surface area contributed by atoms with Crippen LogP contribution in [-0.2, 0) is 0 Å². The summed E-state index contributed by atoms with van der Waals surface area (Å²) in [5.41, 5.74) is 0. The molecule has 0 radical (unpaired) electrons. The van der Waals surface area contributed by atoms with Crippen LogP contribution in [-0.4, -0.2) is 116 Å². The summed E-state index contributed by atoms with van der Waals surface area (Å²) in [4.78, 5) is 24.5. The highest BCUT2D eigenvalue weighted by atomic mass is 16.2. The quantitative estimate of drug-likeness (QED) is 0.753. The number of carbonyl (C=O) groups excluding carboxylic acids is 1. The van der Waals surface area contributed by atoms with Crippen molar-refractivity contribution in [2.75, 3.05) is 85.6 Å². The third-order valence-corrected chi connectivity index (χ3v) is 6.72. The third kappa shape index (κ3) is 5.33. The predicted octanol–water partition coefficient (Wildman–Crippen LogP) is 1.34. The van der Waals surface area contributed by atoms with Gasteiger partial charge < -0.3 is 14.7 Å². The van der Waals surface area contributed by atoms with Gasteiger partial charge in [0.1, 0.15) is 0 Å². The predicted molar refractivity (Wildman–Crippen MR) is 106 cm³/mol. The van der Waals surface area contributed by atoms with Crippen molar-refractivity contribution in [2.24, 2.45) is 11.8 Å². The van der Waals surface area contributed by atoms with Crippen LogP contribution >= 0.6 is 0 Å². The van der Waals surface area contributed by atoms with E-state index in [9.17, 15) is 4.79 Å². The number of urea groups is 1. The second kappa shape index (κ2) is 9.38. The number of piperidine rings is 1. The topological polar surface area (TPSA) is 33.3 Å². The number of piperazine rings is 2. The Labute approximate surface area is 160 Å². The first kappa shape index (κ1) is 19.9. The number of likely N-dealkylation sites (N-methyl/N-ethyl adjacent to an activating group) is 1. The molecule has 3 aliphatic rings. The molecule has 3 aliphatic heterocycles. The molecule has 0 unspecified atom stereocenters. The minimum atomic E-state index is 0.283. The number of likely N-dealkylation sites (tertiary alicyclic amines) is 1. The summed E-state index contributed by atoms with van der Waals surface area (Å²) in [6.45, 7) is 17.5. The third-order valence-electron chi connectivity index (χ3n) is 6.72. The van der Waals surface area contributed by atoms with Crippen molar-refractivity contribution >= 4 is 6.03 Å². The zero-order valence-corrected chi connectivity index (χ0v) is 17.2. The van der Waals surface area contributed by atoms with Gasteiger partial charge in [0.25, 0.3) is 0 Å². The normalized spacial score (nSPS) is 25.2. The van der Waals surface area contributed by atoms with E-state index in [0.29, 0.717) is 0 Å². The molecule has 0 spiro atoms. The number of nitrogens with zero attached hydrogens (tertiary/aromatic N) is 5. The van der Waals surface area contributed by atoms with Crippen LogP contribution in [0.5, 0.6) is 0 Å². The van der Waals surface area contributed by atoms with Crippen LogP contribution in [0.2, 0.25) is 0 Å². The van der Waals surface area contributed by atoms with Crippen LogP contribution in [0.25, 0.3) is 0 Å². The Morgan fingerprint density at radius 2 is 1.23 bits per heavy atom. The highest BCUT2D eigenvalue weighted by Crippen LogP contribution is 2.25. The van der Waals surface area contributed by atoms with Gasteiger partial charge in [-0.05, 0) is 31.7 Å². The Kier molecular flexibility index (Phi) is 7.18. The van der Waals surface area contributed by atoms with Crippen molar-refractivity contribution in [1.82, 2.24) is 24.5 Å². The summed E-state index contributed by atoms with van der Waals surface area (Å²) in [7, 11) is 2.21. The van der Waals surface area contributed by atoms with Gasteiger partial charge in [-0.15, -0.1) is 0 Å². The molecule has 26 heavy (non-hydrogen) atoms. The van der Waals surface area contributed by atoms with Gasteiger partial charge in [-0.3, -0.25) is 9.80 Å². The van der Waals surface area contributed by atoms with Gasteiger partial charge in [0, 0.05) is 78.5 Å². The van der Waals surface area contributed by atoms with Crippen LogP contribution in [0, 0.1) is 11.8 Å². The van der Waals surface area contributed by atoms with Crippen molar-refractivity contribution < 1.29 is 4.79 Å². The lowest BCUT2D eigenvalue weighted by Crippen LogP contribution is -2.55. The Bertz CT molecular complexity index is 433. The summed E-state index contributed by atoms with van der Waals surface area (Å²) in [6.07, 6.45) is 2.35. The first-order valence-electron chi connectivity index (χ1n) is 10.7. The molecule has 0 atom stereocenters. The molecule has 0 saturated carbocycles. The Hall–Kier alpha value is -0.850. The van der Waals surface area contributed by atoms with Crippen LogP contribution in [0.4, 0.5) is 4.79 Å². The van der Waals surface area contributed by atoms with E-state index >= 15 is 0 Å². The molecule has 0 bridgehead atoms. The molecule has 3 saturated heterocycles. The van der Waals surface area contributed by atoms with E-state index in [-0.39, 0.29) is 6.03 Å². The van der Waals surface area contributed by atoms with Crippen molar-refractivity contribution in [3.05, 3.63) is 0 Å². The zero-order chi connectivity index (χ0) is 18.5. The number of amides is 2. The fourth-order valence-corrected chi connectivity index (χ4v) is 4.47. The van der Waals surface area contributed by atoms with E-state index in [2.05, 4.69) is 45.4 Å². The van der Waals surface area contributed by atoms with Crippen molar-refractivity contribution in [3.63, 3.8) is 0 Å². The van der Waals surface area contributed by atoms with Gasteiger partial charge in [0.05, 0.1) is 0 Å². The van der Waals surface area contributed by atoms with Crippen molar-refractivity contribution in [2.45, 2.75) is 26.7 Å². The van der Waals surface area contributed by atoms with E-state index in [1.165, 1.54) is 45.6 Å². The summed E-state index contributed by atoms with van der Waals surface area (Å²) in [5.74, 6) is 1.54. The molecule has 0 aromatic heterocycles. The summed E-state index contributed by atoms with van der Waals surface area (Å²) in [5, 5.41) is 0. The molecule has 3 rings (SSSR count). The van der Waals surface area contributed by atoms with Gasteiger partial charge in [-0.25, -0.2) is 4.79 Å². The summed E-state index contributed by atoms with van der Waals surface area (Å²) < 4.78 is 0. The molecule has 0 aliphatic carbocycles. The molecule has 0 aromatic carbocycles. The lowest BCUT2D eigenvalue weighted by atomic mass is 9.87. The Balaban J connectivity index is 1.34. The maximum atomic E-state index is 12.8. The number of hydrogen-bond acceptors (Lipinski definition) is 4. The molecule has 6 nitrogen and oxygen atoms in total. The van der Waals surface area contributed by atoms with Crippen LogP contribution in [0.15, 0.2) is 0 Å². The maximum Gasteiger partial charge on any atom is 0.320 e. The largest absolute Gasteiger partial charge is 0.325 e. The molecule has 150 valence electrons. The van der Waals surface area contributed by atoms with E-state index in [1.807, 2.05) is 0 Å². The number of rotatable bonds is 4. The van der Waals surface area contributed by atoms with Crippen LogP contribution in [0.3, 0.4) is 0 Å². The van der Waals surface area contributed by atoms with Crippen LogP contribution in [0.1, 0.15) is 26.7 Å². The van der Waals surface area contributed by atoms with Gasteiger partial charge >= 0.3 is 6.03 Å². The first-order valence-corrected chi connectivity index (χ1v) is 10.7. The molecule has 2 amide bonds. The standard InChI is InChI=1S/C20H39N5O/c1-18(2)19-4-6-24(7-5-19)20(26)25-16-14-23(15-17-25)13-12-22-10-8-21(3)9-11-22/h18-19H,4-17H2,1-3H3. The second-order valence-electron chi connectivity index (χ2n) is 8.82. The molecule has 0 aromatic rings. The highest BCUT2D eigenvalue weighted by Gasteiger charge is 2.29. The maximum absolute atomic E-state index is 12.8. The number of hydrogen-bond donors (Lipinski definition) is 0. The number of carbonyl (C=O) groups is 1. The Morgan fingerprint density at radius 3 is 1.73 bits per heavy atom. The average molecular weight is 366 g/mol. The molecular weight excluding hydrogens is 326 g/mol. The second-order valence-corrected chi connectivity index (χ2v) is 8.82. The lowest BCUT2D eigenvalue weighted by molar-refractivity contribution is 0.0868. The van der Waals surface area contributed by atoms with Crippen molar-refractivity contribution in [1.29, 1.82) is 0 Å². The lowest BCUT2D eigenvalue weighted by Gasteiger charge is -2.41. The van der Waals surface area contributed by atoms with E-state index in [1.54, 1.807) is 0 Å². The van der Waals surface area contributed by atoms with Gasteiger partial charge in [0.15, 0.2) is 0 Å². The van der Waals surface area contributed by atoms with Gasteiger partial charge in [0.2, 0.25) is 0 Å². The molecule has 3 heterocycles. The fraction of sp³-hybridized carbons (Fsp3) is 0.950.